The van der Waals surface area contributed by atoms with Crippen molar-refractivity contribution in [2.24, 2.45) is 0 Å². The molecular formula is C20H21N5O2. The van der Waals surface area contributed by atoms with Gasteiger partial charge in [-0.15, -0.1) is 5.10 Å². The van der Waals surface area contributed by atoms with Crippen molar-refractivity contribution in [3.05, 3.63) is 64.4 Å². The summed E-state index contributed by atoms with van der Waals surface area (Å²) >= 11 is 0. The zero-order valence-electron chi connectivity index (χ0n) is 15.2. The van der Waals surface area contributed by atoms with Crippen LogP contribution >= 0.6 is 0 Å². The molecule has 1 fully saturated rings. The topological polar surface area (TPSA) is 71.3 Å². The Morgan fingerprint density at radius 2 is 1.70 bits per heavy atom. The number of carbonyl (C=O) groups is 1. The van der Waals surface area contributed by atoms with E-state index in [1.54, 1.807) is 19.1 Å². The van der Waals surface area contributed by atoms with Crippen LogP contribution in [0.25, 0.3) is 10.9 Å². The fraction of sp³-hybridized carbons (Fsp3) is 0.300. The van der Waals surface area contributed by atoms with E-state index in [-0.39, 0.29) is 11.3 Å². The van der Waals surface area contributed by atoms with Gasteiger partial charge in [-0.3, -0.25) is 14.5 Å². The Balaban J connectivity index is 1.42. The molecule has 0 bridgehead atoms. The molecular weight excluding hydrogens is 342 g/mol. The highest BCUT2D eigenvalue weighted by Gasteiger charge is 2.18. The molecule has 0 amide bonds. The van der Waals surface area contributed by atoms with Gasteiger partial charge in [0.25, 0.3) is 5.56 Å². The minimum absolute atomic E-state index is 0.0771. The van der Waals surface area contributed by atoms with Crippen LogP contribution in [0.1, 0.15) is 17.3 Å². The molecule has 1 aliphatic heterocycles. The van der Waals surface area contributed by atoms with Gasteiger partial charge in [0.1, 0.15) is 5.52 Å². The molecule has 27 heavy (non-hydrogen) atoms. The normalized spacial score (nSPS) is 15.2. The molecule has 1 saturated heterocycles. The first-order valence-electron chi connectivity index (χ1n) is 9.03. The van der Waals surface area contributed by atoms with Crippen LogP contribution in [0.4, 0.5) is 5.69 Å². The molecule has 0 spiro atoms. The van der Waals surface area contributed by atoms with Crippen LogP contribution in [0.3, 0.4) is 0 Å². The van der Waals surface area contributed by atoms with Gasteiger partial charge in [0.05, 0.1) is 12.1 Å². The summed E-state index contributed by atoms with van der Waals surface area (Å²) in [5, 5.41) is 8.81. The first-order valence-corrected chi connectivity index (χ1v) is 9.03. The number of anilines is 1. The maximum atomic E-state index is 12.6. The number of fused-ring (bicyclic) bond motifs is 1. The Hall–Kier alpha value is -3.06. The molecule has 4 rings (SSSR count). The molecule has 7 nitrogen and oxygen atoms in total. The third kappa shape index (κ3) is 3.59. The molecule has 0 aliphatic carbocycles. The maximum absolute atomic E-state index is 12.6. The van der Waals surface area contributed by atoms with Gasteiger partial charge in [0.15, 0.2) is 5.78 Å². The summed E-state index contributed by atoms with van der Waals surface area (Å²) in [6, 6.07) is 15.0. The third-order valence-electron chi connectivity index (χ3n) is 4.97. The number of aromatic nitrogens is 3. The van der Waals surface area contributed by atoms with Crippen LogP contribution in [0.5, 0.6) is 0 Å². The third-order valence-corrected chi connectivity index (χ3v) is 4.97. The molecule has 0 N–H and O–H groups in total. The van der Waals surface area contributed by atoms with E-state index in [4.69, 9.17) is 0 Å². The summed E-state index contributed by atoms with van der Waals surface area (Å²) in [7, 11) is 0. The summed E-state index contributed by atoms with van der Waals surface area (Å²) < 4.78 is 1.43. The van der Waals surface area contributed by atoms with E-state index in [1.165, 1.54) is 4.68 Å². The zero-order valence-corrected chi connectivity index (χ0v) is 15.2. The van der Waals surface area contributed by atoms with Gasteiger partial charge in [0.2, 0.25) is 0 Å². The lowest BCUT2D eigenvalue weighted by Gasteiger charge is -2.35. The average Bonchev–Trinajstić information content (AvgIpc) is 2.71. The molecule has 7 heteroatoms. The Kier molecular flexibility index (Phi) is 4.68. The number of rotatable bonds is 4. The highest BCUT2D eigenvalue weighted by atomic mass is 16.1. The van der Waals surface area contributed by atoms with Crippen molar-refractivity contribution in [3.63, 3.8) is 0 Å². The fourth-order valence-electron chi connectivity index (χ4n) is 3.36. The van der Waals surface area contributed by atoms with Crippen molar-refractivity contribution in [3.8, 4) is 0 Å². The standard InChI is InChI=1S/C20H21N5O2/c1-15(26)16-6-8-17(9-7-16)24-12-10-23(11-13-24)14-25-20(27)18-4-2-3-5-19(18)21-22-25/h2-9H,10-14H2,1H3. The Labute approximate surface area is 156 Å². The summed E-state index contributed by atoms with van der Waals surface area (Å²) in [4.78, 5) is 28.5. The number of Topliss-reactive ketones (excluding diaryl/α,β-unsaturated/α-hetero) is 1. The second kappa shape index (κ2) is 7.28. The smallest absolute Gasteiger partial charge is 0.278 e. The van der Waals surface area contributed by atoms with Gasteiger partial charge in [-0.05, 0) is 43.3 Å². The van der Waals surface area contributed by atoms with Gasteiger partial charge in [0, 0.05) is 37.4 Å². The summed E-state index contributed by atoms with van der Waals surface area (Å²) in [6.07, 6.45) is 0. The van der Waals surface area contributed by atoms with Crippen LogP contribution in [0.15, 0.2) is 53.3 Å². The predicted molar refractivity (Wildman–Crippen MR) is 104 cm³/mol. The fourth-order valence-corrected chi connectivity index (χ4v) is 3.36. The van der Waals surface area contributed by atoms with Gasteiger partial charge in [-0.25, -0.2) is 0 Å². The van der Waals surface area contributed by atoms with Crippen LogP contribution in [0.2, 0.25) is 0 Å². The van der Waals surface area contributed by atoms with Crippen LogP contribution in [0, 0.1) is 0 Å². The van der Waals surface area contributed by atoms with E-state index in [2.05, 4.69) is 20.1 Å². The minimum Gasteiger partial charge on any atom is -0.369 e. The van der Waals surface area contributed by atoms with E-state index in [0.29, 0.717) is 17.6 Å². The van der Waals surface area contributed by atoms with Gasteiger partial charge in [-0.1, -0.05) is 17.3 Å². The van der Waals surface area contributed by atoms with Crippen molar-refractivity contribution in [1.82, 2.24) is 19.9 Å². The maximum Gasteiger partial charge on any atom is 0.278 e. The first-order chi connectivity index (χ1) is 13.1. The van der Waals surface area contributed by atoms with Crippen molar-refractivity contribution < 1.29 is 4.79 Å². The molecule has 0 radical (unpaired) electrons. The van der Waals surface area contributed by atoms with E-state index < -0.39 is 0 Å². The monoisotopic (exact) mass is 363 g/mol. The van der Waals surface area contributed by atoms with E-state index in [1.807, 2.05) is 36.4 Å². The Morgan fingerprint density at radius 1 is 1.00 bits per heavy atom. The molecule has 0 saturated carbocycles. The van der Waals surface area contributed by atoms with Crippen molar-refractivity contribution in [2.45, 2.75) is 13.6 Å². The molecule has 2 heterocycles. The Morgan fingerprint density at radius 3 is 2.41 bits per heavy atom. The number of hydrogen-bond donors (Lipinski definition) is 0. The molecule has 138 valence electrons. The number of benzene rings is 2. The highest BCUT2D eigenvalue weighted by Crippen LogP contribution is 2.18. The number of carbonyl (C=O) groups excluding carboxylic acids is 1. The first kappa shape index (κ1) is 17.4. The van der Waals surface area contributed by atoms with Gasteiger partial charge in [-0.2, -0.15) is 4.68 Å². The van der Waals surface area contributed by atoms with E-state index in [0.717, 1.165) is 37.4 Å². The largest absolute Gasteiger partial charge is 0.369 e. The molecule has 2 aromatic carbocycles. The molecule has 3 aromatic rings. The minimum atomic E-state index is -0.108. The number of nitrogens with zero attached hydrogens (tertiary/aromatic N) is 5. The highest BCUT2D eigenvalue weighted by molar-refractivity contribution is 5.94. The van der Waals surface area contributed by atoms with Crippen LogP contribution in [-0.4, -0.2) is 51.9 Å². The van der Waals surface area contributed by atoms with Crippen molar-refractivity contribution >= 4 is 22.4 Å². The number of piperazine rings is 1. The van der Waals surface area contributed by atoms with Gasteiger partial charge < -0.3 is 4.90 Å². The lowest BCUT2D eigenvalue weighted by Crippen LogP contribution is -2.48. The van der Waals surface area contributed by atoms with E-state index >= 15 is 0 Å². The van der Waals surface area contributed by atoms with Crippen molar-refractivity contribution in [2.75, 3.05) is 31.1 Å². The molecule has 0 unspecified atom stereocenters. The summed E-state index contributed by atoms with van der Waals surface area (Å²) in [5.74, 6) is 0.0771. The quantitative estimate of drug-likeness (QED) is 0.658. The van der Waals surface area contributed by atoms with E-state index in [9.17, 15) is 9.59 Å². The molecule has 1 aromatic heterocycles. The summed E-state index contributed by atoms with van der Waals surface area (Å²) in [6.45, 7) is 5.38. The lowest BCUT2D eigenvalue weighted by atomic mass is 10.1. The van der Waals surface area contributed by atoms with Gasteiger partial charge >= 0.3 is 0 Å². The molecule has 1 aliphatic rings. The SMILES string of the molecule is CC(=O)c1ccc(N2CCN(Cn3nnc4ccccc4c3=O)CC2)cc1. The van der Waals surface area contributed by atoms with Crippen LogP contribution in [-0.2, 0) is 6.67 Å². The van der Waals surface area contributed by atoms with Crippen molar-refractivity contribution in [1.29, 1.82) is 0 Å². The van der Waals surface area contributed by atoms with Crippen LogP contribution < -0.4 is 10.5 Å². The molecule has 0 atom stereocenters. The second-order valence-corrected chi connectivity index (χ2v) is 6.76. The number of ketones is 1. The Bertz CT molecular complexity index is 1020. The lowest BCUT2D eigenvalue weighted by molar-refractivity contribution is 0.101. The number of hydrogen-bond acceptors (Lipinski definition) is 6. The predicted octanol–water partition coefficient (Wildman–Crippen LogP) is 1.77. The zero-order chi connectivity index (χ0) is 18.8. The second-order valence-electron chi connectivity index (χ2n) is 6.76. The average molecular weight is 363 g/mol. The summed E-state index contributed by atoms with van der Waals surface area (Å²) in [5.41, 5.74) is 2.36.